The van der Waals surface area contributed by atoms with Gasteiger partial charge in [0.15, 0.2) is 6.04 Å². The number of nitrogens with one attached hydrogen (secondary N) is 1. The molecule has 0 aliphatic heterocycles. The molecule has 1 aromatic rings. The van der Waals surface area contributed by atoms with Crippen LogP contribution in [0.4, 0.5) is 0 Å². The summed E-state index contributed by atoms with van der Waals surface area (Å²) in [7, 11) is 0. The average Bonchev–Trinajstić information content (AvgIpc) is 2.37. The lowest BCUT2D eigenvalue weighted by molar-refractivity contribution is -0.147. The molecule has 0 radical (unpaired) electrons. The van der Waals surface area contributed by atoms with E-state index in [-0.39, 0.29) is 12.4 Å². The molecule has 2 N–H and O–H groups in total. The molecule has 0 saturated carbocycles. The van der Waals surface area contributed by atoms with Crippen molar-refractivity contribution >= 4 is 11.9 Å². The molecule has 1 rings (SSSR count). The highest BCUT2D eigenvalue weighted by molar-refractivity contribution is 5.84. The van der Waals surface area contributed by atoms with Crippen LogP contribution in [0.25, 0.3) is 0 Å². The molecule has 0 fully saturated rings. The SMILES string of the molecule is [2H]CC(=O)NC(C(=O)OCC)c1ccc(O)cc1. The van der Waals surface area contributed by atoms with Crippen molar-refractivity contribution < 1.29 is 20.8 Å². The molecule has 0 heterocycles. The summed E-state index contributed by atoms with van der Waals surface area (Å²) < 4.78 is 11.8. The first-order valence-electron chi connectivity index (χ1n) is 5.83. The number of phenolic OH excluding ortho intramolecular Hbond substituents is 1. The second-order valence-corrected chi connectivity index (χ2v) is 3.34. The van der Waals surface area contributed by atoms with Crippen LogP contribution in [0.2, 0.25) is 0 Å². The van der Waals surface area contributed by atoms with Gasteiger partial charge in [-0.1, -0.05) is 12.1 Å². The fourth-order valence-corrected chi connectivity index (χ4v) is 1.33. The Morgan fingerprint density at radius 2 is 2.12 bits per heavy atom. The number of hydrogen-bond acceptors (Lipinski definition) is 4. The molecule has 0 aromatic heterocycles. The number of carbonyl (C=O) groups excluding carboxylic acids is 2. The molecule has 0 saturated heterocycles. The second kappa shape index (κ2) is 5.89. The monoisotopic (exact) mass is 238 g/mol. The van der Waals surface area contributed by atoms with Crippen LogP contribution in [0, 0.1) is 0 Å². The topological polar surface area (TPSA) is 75.6 Å². The van der Waals surface area contributed by atoms with E-state index < -0.39 is 24.8 Å². The van der Waals surface area contributed by atoms with E-state index in [9.17, 15) is 14.7 Å². The third kappa shape index (κ3) is 3.79. The van der Waals surface area contributed by atoms with Crippen molar-refractivity contribution in [3.8, 4) is 5.75 Å². The molecule has 0 aliphatic carbocycles. The van der Waals surface area contributed by atoms with E-state index >= 15 is 0 Å². The first-order valence-corrected chi connectivity index (χ1v) is 5.12. The number of ether oxygens (including phenoxy) is 1. The van der Waals surface area contributed by atoms with Crippen LogP contribution in [-0.2, 0) is 14.3 Å². The summed E-state index contributed by atoms with van der Waals surface area (Å²) >= 11 is 0. The summed E-state index contributed by atoms with van der Waals surface area (Å²) in [6, 6.07) is 4.90. The number of benzene rings is 1. The van der Waals surface area contributed by atoms with Gasteiger partial charge in [0.2, 0.25) is 5.91 Å². The predicted octanol–water partition coefficient (Wildman–Crippen LogP) is 1.13. The van der Waals surface area contributed by atoms with E-state index in [1.807, 2.05) is 0 Å². The van der Waals surface area contributed by atoms with Crippen molar-refractivity contribution in [3.05, 3.63) is 29.8 Å². The Balaban J connectivity index is 2.92. The lowest BCUT2D eigenvalue weighted by Gasteiger charge is -2.16. The summed E-state index contributed by atoms with van der Waals surface area (Å²) in [4.78, 5) is 22.9. The maximum atomic E-state index is 11.7. The molecule has 0 spiro atoms. The minimum Gasteiger partial charge on any atom is -0.508 e. The number of amides is 1. The molecular formula is C12H15NO4. The number of esters is 1. The van der Waals surface area contributed by atoms with Crippen molar-refractivity contribution in [2.24, 2.45) is 0 Å². The maximum absolute atomic E-state index is 11.7. The Kier molecular flexibility index (Phi) is 3.96. The van der Waals surface area contributed by atoms with E-state index in [0.717, 1.165) is 0 Å². The third-order valence-electron chi connectivity index (χ3n) is 2.05. The van der Waals surface area contributed by atoms with Crippen molar-refractivity contribution in [1.29, 1.82) is 0 Å². The van der Waals surface area contributed by atoms with E-state index in [1.165, 1.54) is 24.3 Å². The Morgan fingerprint density at radius 3 is 2.65 bits per heavy atom. The smallest absolute Gasteiger partial charge is 0.333 e. The van der Waals surface area contributed by atoms with Gasteiger partial charge >= 0.3 is 5.97 Å². The van der Waals surface area contributed by atoms with E-state index in [0.29, 0.717) is 5.56 Å². The molecule has 1 aromatic carbocycles. The van der Waals surface area contributed by atoms with E-state index in [4.69, 9.17) is 6.11 Å². The Hall–Kier alpha value is -2.04. The second-order valence-electron chi connectivity index (χ2n) is 3.34. The summed E-state index contributed by atoms with van der Waals surface area (Å²) in [6.07, 6.45) is 0. The minimum absolute atomic E-state index is 0.0631. The number of hydrogen-bond donors (Lipinski definition) is 2. The predicted molar refractivity (Wildman–Crippen MR) is 61.3 cm³/mol. The lowest BCUT2D eigenvalue weighted by Crippen LogP contribution is -2.33. The average molecular weight is 238 g/mol. The largest absolute Gasteiger partial charge is 0.508 e. The first kappa shape index (κ1) is 11.4. The van der Waals surface area contributed by atoms with Gasteiger partial charge in [0, 0.05) is 8.27 Å². The summed E-state index contributed by atoms with van der Waals surface area (Å²) in [5.74, 6) is -1.10. The zero-order chi connectivity index (χ0) is 13.5. The molecule has 17 heavy (non-hydrogen) atoms. The number of carbonyl (C=O) groups is 2. The van der Waals surface area contributed by atoms with Gasteiger partial charge in [-0.3, -0.25) is 4.79 Å². The first-order chi connectivity index (χ1) is 8.58. The number of rotatable bonds is 4. The molecule has 1 atom stereocenters. The third-order valence-corrected chi connectivity index (χ3v) is 2.05. The van der Waals surface area contributed by atoms with Gasteiger partial charge < -0.3 is 15.2 Å². The highest BCUT2D eigenvalue weighted by Crippen LogP contribution is 2.18. The molecule has 92 valence electrons. The number of phenols is 1. The van der Waals surface area contributed by atoms with Crippen molar-refractivity contribution in [3.63, 3.8) is 0 Å². The molecule has 5 nitrogen and oxygen atoms in total. The minimum atomic E-state index is -0.955. The van der Waals surface area contributed by atoms with Gasteiger partial charge in [0.05, 0.1) is 6.61 Å². The van der Waals surface area contributed by atoms with Crippen LogP contribution in [0.1, 0.15) is 26.8 Å². The van der Waals surface area contributed by atoms with Gasteiger partial charge in [0.25, 0.3) is 0 Å². The van der Waals surface area contributed by atoms with Gasteiger partial charge in [-0.2, -0.15) is 0 Å². The molecule has 0 aliphatic rings. The van der Waals surface area contributed by atoms with Crippen LogP contribution in [-0.4, -0.2) is 23.6 Å². The standard InChI is InChI=1S/C12H15NO4/c1-3-17-12(16)11(13-8(2)14)9-4-6-10(15)7-5-9/h4-7,11,15H,3H2,1-2H3,(H,13,14)/i2D. The summed E-state index contributed by atoms with van der Waals surface area (Å²) in [6.45, 7) is 1.40. The van der Waals surface area contributed by atoms with Gasteiger partial charge in [-0.25, -0.2) is 4.79 Å². The molecule has 1 amide bonds. The summed E-state index contributed by atoms with van der Waals surface area (Å²) in [5, 5.41) is 11.6. The van der Waals surface area contributed by atoms with Crippen LogP contribution >= 0.6 is 0 Å². The Morgan fingerprint density at radius 1 is 1.47 bits per heavy atom. The number of aromatic hydroxyl groups is 1. The molecule has 5 heteroatoms. The fourth-order valence-electron chi connectivity index (χ4n) is 1.33. The van der Waals surface area contributed by atoms with Crippen molar-refractivity contribution in [2.75, 3.05) is 6.61 Å². The molecule has 0 bridgehead atoms. The van der Waals surface area contributed by atoms with Gasteiger partial charge in [0.1, 0.15) is 5.75 Å². The lowest BCUT2D eigenvalue weighted by atomic mass is 10.1. The van der Waals surface area contributed by atoms with Crippen molar-refractivity contribution in [2.45, 2.75) is 19.9 Å². The van der Waals surface area contributed by atoms with E-state index in [1.54, 1.807) is 6.92 Å². The van der Waals surface area contributed by atoms with Crippen LogP contribution in [0.3, 0.4) is 0 Å². The fraction of sp³-hybridized carbons (Fsp3) is 0.333. The van der Waals surface area contributed by atoms with Gasteiger partial charge in [-0.05, 0) is 24.6 Å². The zero-order valence-electron chi connectivity index (χ0n) is 10.5. The molecular weight excluding hydrogens is 222 g/mol. The highest BCUT2D eigenvalue weighted by Gasteiger charge is 2.22. The van der Waals surface area contributed by atoms with Crippen LogP contribution < -0.4 is 5.32 Å². The Bertz CT molecular complexity index is 419. The Labute approximate surface area is 101 Å². The van der Waals surface area contributed by atoms with Crippen LogP contribution in [0.5, 0.6) is 5.75 Å². The van der Waals surface area contributed by atoms with Gasteiger partial charge in [-0.15, -0.1) is 0 Å². The quantitative estimate of drug-likeness (QED) is 0.771. The molecule has 1 unspecified atom stereocenters. The zero-order valence-corrected chi connectivity index (χ0v) is 9.47. The van der Waals surface area contributed by atoms with Crippen LogP contribution in [0.15, 0.2) is 24.3 Å². The highest BCUT2D eigenvalue weighted by atomic mass is 16.5. The van der Waals surface area contributed by atoms with Crippen molar-refractivity contribution in [1.82, 2.24) is 5.32 Å². The summed E-state index contributed by atoms with van der Waals surface area (Å²) in [5.41, 5.74) is 0.494. The van der Waals surface area contributed by atoms with E-state index in [2.05, 4.69) is 5.32 Å². The maximum Gasteiger partial charge on any atom is 0.333 e. The normalized spacial score (nSPS) is 12.4.